The molecule has 0 bridgehead atoms. The molecule has 16 heavy (non-hydrogen) atoms. The minimum Gasteiger partial charge on any atom is -0.493 e. The van der Waals surface area contributed by atoms with Gasteiger partial charge in [-0.2, -0.15) is 0 Å². The second kappa shape index (κ2) is 5.35. The molecule has 1 saturated heterocycles. The van der Waals surface area contributed by atoms with Crippen molar-refractivity contribution in [3.05, 3.63) is 29.8 Å². The van der Waals surface area contributed by atoms with Gasteiger partial charge in [-0.05, 0) is 43.0 Å². The molecule has 1 fully saturated rings. The van der Waals surface area contributed by atoms with E-state index in [1.54, 1.807) is 0 Å². The van der Waals surface area contributed by atoms with E-state index in [9.17, 15) is 0 Å². The van der Waals surface area contributed by atoms with Gasteiger partial charge in [0, 0.05) is 6.04 Å². The lowest BCUT2D eigenvalue weighted by Gasteiger charge is -2.12. The molecular formula is C14H21NO. The van der Waals surface area contributed by atoms with Gasteiger partial charge in [-0.25, -0.2) is 0 Å². The summed E-state index contributed by atoms with van der Waals surface area (Å²) >= 11 is 0. The lowest BCUT2D eigenvalue weighted by molar-refractivity contribution is 0.271. The molecule has 1 aliphatic heterocycles. The molecule has 1 aromatic rings. The first-order valence-corrected chi connectivity index (χ1v) is 6.22. The molecule has 0 unspecified atom stereocenters. The van der Waals surface area contributed by atoms with Gasteiger partial charge in [0.15, 0.2) is 0 Å². The van der Waals surface area contributed by atoms with Crippen LogP contribution in [0.25, 0.3) is 0 Å². The normalized spacial score (nSPS) is 20.3. The van der Waals surface area contributed by atoms with Gasteiger partial charge in [0.25, 0.3) is 0 Å². The number of benzene rings is 1. The number of hydrogen-bond acceptors (Lipinski definition) is 2. The van der Waals surface area contributed by atoms with Crippen LogP contribution in [0, 0.1) is 5.92 Å². The van der Waals surface area contributed by atoms with Crippen molar-refractivity contribution in [1.29, 1.82) is 0 Å². The molecule has 0 spiro atoms. The summed E-state index contributed by atoms with van der Waals surface area (Å²) in [6, 6.07) is 9.08. The summed E-state index contributed by atoms with van der Waals surface area (Å²) in [6.45, 7) is 6.27. The van der Waals surface area contributed by atoms with Crippen LogP contribution in [0.5, 0.6) is 5.75 Å². The van der Waals surface area contributed by atoms with Gasteiger partial charge in [0.2, 0.25) is 0 Å². The van der Waals surface area contributed by atoms with Crippen molar-refractivity contribution in [3.63, 3.8) is 0 Å². The fourth-order valence-electron chi connectivity index (χ4n) is 2.03. The van der Waals surface area contributed by atoms with Crippen molar-refractivity contribution in [2.75, 3.05) is 13.2 Å². The summed E-state index contributed by atoms with van der Waals surface area (Å²) < 4.78 is 5.66. The van der Waals surface area contributed by atoms with E-state index in [1.165, 1.54) is 18.4 Å². The van der Waals surface area contributed by atoms with Crippen molar-refractivity contribution in [3.8, 4) is 5.75 Å². The van der Waals surface area contributed by atoms with Crippen LogP contribution in [-0.2, 0) is 0 Å². The maximum Gasteiger partial charge on any atom is 0.119 e. The van der Waals surface area contributed by atoms with E-state index in [-0.39, 0.29) is 0 Å². The van der Waals surface area contributed by atoms with Crippen LogP contribution >= 0.6 is 0 Å². The highest BCUT2D eigenvalue weighted by atomic mass is 16.5. The molecule has 1 aliphatic rings. The van der Waals surface area contributed by atoms with Gasteiger partial charge in [-0.3, -0.25) is 0 Å². The lowest BCUT2D eigenvalue weighted by Crippen LogP contribution is -2.12. The number of ether oxygens (including phenoxy) is 1. The Kier molecular flexibility index (Phi) is 3.83. The standard InChI is InChI=1S/C14H21NO/c1-11(2)10-16-13-7-5-12(6-8-13)14-4-3-9-15-14/h5-8,11,14-15H,3-4,9-10H2,1-2H3/t14-/m1/s1. The van der Waals surface area contributed by atoms with Gasteiger partial charge in [-0.1, -0.05) is 26.0 Å². The minimum atomic E-state index is 0.555. The monoisotopic (exact) mass is 219 g/mol. The smallest absolute Gasteiger partial charge is 0.119 e. The average molecular weight is 219 g/mol. The van der Waals surface area contributed by atoms with E-state index in [2.05, 4.69) is 43.4 Å². The molecule has 2 nitrogen and oxygen atoms in total. The molecule has 0 amide bonds. The Morgan fingerprint density at radius 3 is 2.62 bits per heavy atom. The van der Waals surface area contributed by atoms with Crippen molar-refractivity contribution in [1.82, 2.24) is 5.32 Å². The third kappa shape index (κ3) is 2.99. The van der Waals surface area contributed by atoms with Gasteiger partial charge >= 0.3 is 0 Å². The largest absolute Gasteiger partial charge is 0.493 e. The van der Waals surface area contributed by atoms with Crippen LogP contribution in [0.15, 0.2) is 24.3 Å². The summed E-state index contributed by atoms with van der Waals surface area (Å²) in [5, 5.41) is 3.50. The van der Waals surface area contributed by atoms with Crippen LogP contribution in [0.1, 0.15) is 38.3 Å². The maximum atomic E-state index is 5.66. The molecule has 0 aromatic heterocycles. The summed E-state index contributed by atoms with van der Waals surface area (Å²) in [7, 11) is 0. The Hall–Kier alpha value is -1.02. The molecule has 1 aromatic carbocycles. The van der Waals surface area contributed by atoms with E-state index in [4.69, 9.17) is 4.74 Å². The van der Waals surface area contributed by atoms with Crippen molar-refractivity contribution < 1.29 is 4.74 Å². The molecule has 1 atom stereocenters. The van der Waals surface area contributed by atoms with Crippen LogP contribution in [0.3, 0.4) is 0 Å². The zero-order chi connectivity index (χ0) is 11.4. The highest BCUT2D eigenvalue weighted by Crippen LogP contribution is 2.24. The van der Waals surface area contributed by atoms with E-state index in [0.29, 0.717) is 12.0 Å². The van der Waals surface area contributed by atoms with Crippen LogP contribution < -0.4 is 10.1 Å². The average Bonchev–Trinajstić information content (AvgIpc) is 2.80. The van der Waals surface area contributed by atoms with Crippen LogP contribution in [-0.4, -0.2) is 13.2 Å². The molecule has 1 N–H and O–H groups in total. The molecule has 88 valence electrons. The van der Waals surface area contributed by atoms with Gasteiger partial charge < -0.3 is 10.1 Å². The summed E-state index contributed by atoms with van der Waals surface area (Å²) in [5.74, 6) is 1.56. The first-order valence-electron chi connectivity index (χ1n) is 6.22. The first-order chi connectivity index (χ1) is 7.75. The minimum absolute atomic E-state index is 0.555. The number of rotatable bonds is 4. The fourth-order valence-corrected chi connectivity index (χ4v) is 2.03. The highest BCUT2D eigenvalue weighted by Gasteiger charge is 2.15. The maximum absolute atomic E-state index is 5.66. The van der Waals surface area contributed by atoms with Gasteiger partial charge in [0.1, 0.15) is 5.75 Å². The summed E-state index contributed by atoms with van der Waals surface area (Å²) in [4.78, 5) is 0. The van der Waals surface area contributed by atoms with Gasteiger partial charge in [0.05, 0.1) is 6.61 Å². The predicted octanol–water partition coefficient (Wildman–Crippen LogP) is 3.15. The fraction of sp³-hybridized carbons (Fsp3) is 0.571. The molecular weight excluding hydrogens is 198 g/mol. The third-order valence-corrected chi connectivity index (χ3v) is 2.93. The summed E-state index contributed by atoms with van der Waals surface area (Å²) in [5.41, 5.74) is 1.38. The lowest BCUT2D eigenvalue weighted by atomic mass is 10.1. The second-order valence-corrected chi connectivity index (χ2v) is 4.92. The van der Waals surface area contributed by atoms with Crippen molar-refractivity contribution in [2.45, 2.75) is 32.7 Å². The first kappa shape index (κ1) is 11.5. The molecule has 2 rings (SSSR count). The van der Waals surface area contributed by atoms with Crippen molar-refractivity contribution >= 4 is 0 Å². The zero-order valence-corrected chi connectivity index (χ0v) is 10.2. The van der Waals surface area contributed by atoms with E-state index < -0.39 is 0 Å². The molecule has 0 aliphatic carbocycles. The van der Waals surface area contributed by atoms with E-state index in [0.717, 1.165) is 18.9 Å². The Morgan fingerprint density at radius 1 is 1.31 bits per heavy atom. The van der Waals surface area contributed by atoms with E-state index >= 15 is 0 Å². The van der Waals surface area contributed by atoms with Gasteiger partial charge in [-0.15, -0.1) is 0 Å². The van der Waals surface area contributed by atoms with E-state index in [1.807, 2.05) is 0 Å². The quantitative estimate of drug-likeness (QED) is 0.840. The van der Waals surface area contributed by atoms with Crippen LogP contribution in [0.2, 0.25) is 0 Å². The SMILES string of the molecule is CC(C)COc1ccc([C@H]2CCCN2)cc1. The second-order valence-electron chi connectivity index (χ2n) is 4.92. The molecule has 1 heterocycles. The van der Waals surface area contributed by atoms with Crippen LogP contribution in [0.4, 0.5) is 0 Å². The topological polar surface area (TPSA) is 21.3 Å². The Bertz CT molecular complexity index is 312. The molecule has 2 heteroatoms. The zero-order valence-electron chi connectivity index (χ0n) is 10.2. The highest BCUT2D eigenvalue weighted by molar-refractivity contribution is 5.29. The molecule has 0 saturated carbocycles. The Morgan fingerprint density at radius 2 is 2.06 bits per heavy atom. The Labute approximate surface area is 98.0 Å². The van der Waals surface area contributed by atoms with Crippen molar-refractivity contribution in [2.24, 2.45) is 5.92 Å². The number of hydrogen-bond donors (Lipinski definition) is 1. The Balaban J connectivity index is 1.93. The molecule has 0 radical (unpaired) electrons. The number of nitrogens with one attached hydrogen (secondary N) is 1. The third-order valence-electron chi connectivity index (χ3n) is 2.93. The predicted molar refractivity (Wildman–Crippen MR) is 66.8 cm³/mol. The summed E-state index contributed by atoms with van der Waals surface area (Å²) in [6.07, 6.45) is 2.54.